The van der Waals surface area contributed by atoms with E-state index in [2.05, 4.69) is 22.3 Å². The van der Waals surface area contributed by atoms with Crippen molar-refractivity contribution < 1.29 is 14.3 Å². The number of aryl methyl sites for hydroxylation is 1. The second-order valence-electron chi connectivity index (χ2n) is 8.78. The van der Waals surface area contributed by atoms with Gasteiger partial charge in [-0.1, -0.05) is 30.3 Å². The van der Waals surface area contributed by atoms with Crippen LogP contribution >= 0.6 is 0 Å². The summed E-state index contributed by atoms with van der Waals surface area (Å²) in [7, 11) is 1.68. The number of para-hydroxylation sites is 1. The van der Waals surface area contributed by atoms with E-state index in [4.69, 9.17) is 14.5 Å². The van der Waals surface area contributed by atoms with Gasteiger partial charge in [-0.3, -0.25) is 14.7 Å². The molecule has 2 aliphatic rings. The van der Waals surface area contributed by atoms with Gasteiger partial charge >= 0.3 is 0 Å². The van der Waals surface area contributed by atoms with Crippen molar-refractivity contribution in [3.05, 3.63) is 70.9 Å². The Hall–Kier alpha value is -2.96. The van der Waals surface area contributed by atoms with E-state index in [-0.39, 0.29) is 11.9 Å². The summed E-state index contributed by atoms with van der Waals surface area (Å²) in [5, 5.41) is 4.23. The molecule has 1 aliphatic carbocycles. The third kappa shape index (κ3) is 4.59. The Labute approximate surface area is 194 Å². The first kappa shape index (κ1) is 21.9. The van der Waals surface area contributed by atoms with E-state index in [1.54, 1.807) is 7.11 Å². The van der Waals surface area contributed by atoms with E-state index in [1.165, 1.54) is 5.56 Å². The molecule has 2 heterocycles. The minimum absolute atomic E-state index is 0.00137. The largest absolute Gasteiger partial charge is 0.497 e. The van der Waals surface area contributed by atoms with E-state index in [0.29, 0.717) is 19.8 Å². The van der Waals surface area contributed by atoms with Crippen LogP contribution in [-0.2, 0) is 17.6 Å². The molecule has 6 nitrogen and oxygen atoms in total. The molecule has 172 valence electrons. The molecule has 1 N–H and O–H groups in total. The molecule has 1 aromatic heterocycles. The molecule has 0 spiro atoms. The van der Waals surface area contributed by atoms with Crippen LogP contribution in [0.25, 0.3) is 10.9 Å². The molecule has 0 unspecified atom stereocenters. The SMILES string of the molecule is COc1ccc([C@H](CNC(=O)c2c3c(nc4ccccc24)CCCC3)N2CCOCC2)cc1. The highest BCUT2D eigenvalue weighted by Gasteiger charge is 2.26. The Bertz CT molecular complexity index is 1120. The van der Waals surface area contributed by atoms with Crippen LogP contribution in [-0.4, -0.2) is 55.7 Å². The number of carbonyl (C=O) groups is 1. The number of fused-ring (bicyclic) bond motifs is 2. The van der Waals surface area contributed by atoms with Gasteiger partial charge in [0.05, 0.1) is 37.4 Å². The summed E-state index contributed by atoms with van der Waals surface area (Å²) in [6.07, 6.45) is 4.11. The third-order valence-corrected chi connectivity index (χ3v) is 6.84. The maximum absolute atomic E-state index is 13.6. The summed E-state index contributed by atoms with van der Waals surface area (Å²) in [5.41, 5.74) is 5.10. The maximum atomic E-state index is 13.6. The van der Waals surface area contributed by atoms with Crippen molar-refractivity contribution in [2.24, 2.45) is 0 Å². The number of aromatic nitrogens is 1. The number of nitrogens with one attached hydrogen (secondary N) is 1. The van der Waals surface area contributed by atoms with Crippen molar-refractivity contribution in [3.8, 4) is 5.75 Å². The zero-order valence-electron chi connectivity index (χ0n) is 19.2. The first-order valence-electron chi connectivity index (χ1n) is 11.9. The van der Waals surface area contributed by atoms with Crippen LogP contribution in [0.1, 0.15) is 46.1 Å². The van der Waals surface area contributed by atoms with Gasteiger partial charge in [0.15, 0.2) is 0 Å². The molecule has 6 heteroatoms. The number of ether oxygens (including phenoxy) is 2. The minimum Gasteiger partial charge on any atom is -0.497 e. The quantitative estimate of drug-likeness (QED) is 0.623. The summed E-state index contributed by atoms with van der Waals surface area (Å²) in [5.74, 6) is 0.830. The number of benzene rings is 2. The van der Waals surface area contributed by atoms with Crippen LogP contribution in [0.15, 0.2) is 48.5 Å². The highest BCUT2D eigenvalue weighted by Crippen LogP contribution is 2.30. The van der Waals surface area contributed by atoms with E-state index in [9.17, 15) is 4.79 Å². The Morgan fingerprint density at radius 1 is 1.09 bits per heavy atom. The smallest absolute Gasteiger partial charge is 0.252 e. The second-order valence-corrected chi connectivity index (χ2v) is 8.78. The monoisotopic (exact) mass is 445 g/mol. The molecule has 0 saturated carbocycles. The van der Waals surface area contributed by atoms with Gasteiger partial charge in [-0.15, -0.1) is 0 Å². The highest BCUT2D eigenvalue weighted by molar-refractivity contribution is 6.07. The average Bonchev–Trinajstić information content (AvgIpc) is 2.88. The number of morpholine rings is 1. The third-order valence-electron chi connectivity index (χ3n) is 6.84. The second kappa shape index (κ2) is 9.89. The zero-order chi connectivity index (χ0) is 22.6. The van der Waals surface area contributed by atoms with Crippen LogP contribution in [0.4, 0.5) is 0 Å². The fourth-order valence-electron chi connectivity index (χ4n) is 5.08. The molecule has 0 radical (unpaired) electrons. The van der Waals surface area contributed by atoms with Gasteiger partial charge in [0.1, 0.15) is 5.75 Å². The molecular formula is C27H31N3O3. The fraction of sp³-hybridized carbons (Fsp3) is 0.407. The normalized spacial score (nSPS) is 17.4. The Balaban J connectivity index is 1.44. The Morgan fingerprint density at radius 3 is 2.64 bits per heavy atom. The Kier molecular flexibility index (Phi) is 6.55. The summed E-state index contributed by atoms with van der Waals surface area (Å²) < 4.78 is 10.9. The summed E-state index contributed by atoms with van der Waals surface area (Å²) >= 11 is 0. The number of pyridine rings is 1. The molecule has 1 aliphatic heterocycles. The van der Waals surface area contributed by atoms with Gasteiger partial charge in [0, 0.05) is 30.7 Å². The Morgan fingerprint density at radius 2 is 1.85 bits per heavy atom. The first-order valence-corrected chi connectivity index (χ1v) is 11.9. The van der Waals surface area contributed by atoms with Crippen LogP contribution < -0.4 is 10.1 Å². The number of hydrogen-bond acceptors (Lipinski definition) is 5. The number of nitrogens with zero attached hydrogens (tertiary/aromatic N) is 2. The first-order chi connectivity index (χ1) is 16.2. The summed E-state index contributed by atoms with van der Waals surface area (Å²) in [6, 6.07) is 16.2. The minimum atomic E-state index is -0.00137. The van der Waals surface area contributed by atoms with Crippen molar-refractivity contribution in [2.75, 3.05) is 40.0 Å². The number of hydrogen-bond donors (Lipinski definition) is 1. The molecule has 2 aromatic carbocycles. The van der Waals surface area contributed by atoms with Crippen molar-refractivity contribution in [1.29, 1.82) is 0 Å². The predicted octanol–water partition coefficient (Wildman–Crippen LogP) is 3.93. The standard InChI is InChI=1S/C27H31N3O3/c1-32-20-12-10-19(11-13-20)25(30-14-16-33-17-15-30)18-28-27(31)26-21-6-2-4-8-23(21)29-24-9-5-3-7-22(24)26/h2,4,6,8,10-13,25H,3,5,7,9,14-18H2,1H3,(H,28,31)/t25-/m0/s1. The van der Waals surface area contributed by atoms with E-state index < -0.39 is 0 Å². The lowest BCUT2D eigenvalue weighted by Crippen LogP contribution is -2.44. The van der Waals surface area contributed by atoms with Crippen LogP contribution in [0.3, 0.4) is 0 Å². The summed E-state index contributed by atoms with van der Waals surface area (Å²) in [4.78, 5) is 20.9. The van der Waals surface area contributed by atoms with Crippen molar-refractivity contribution in [2.45, 2.75) is 31.7 Å². The van der Waals surface area contributed by atoms with Crippen molar-refractivity contribution in [3.63, 3.8) is 0 Å². The van der Waals surface area contributed by atoms with Crippen molar-refractivity contribution in [1.82, 2.24) is 15.2 Å². The van der Waals surface area contributed by atoms with Gasteiger partial charge in [0.25, 0.3) is 5.91 Å². The molecule has 5 rings (SSSR count). The van der Waals surface area contributed by atoms with Crippen molar-refractivity contribution >= 4 is 16.8 Å². The highest BCUT2D eigenvalue weighted by atomic mass is 16.5. The van der Waals surface area contributed by atoms with Crippen LogP contribution in [0, 0.1) is 0 Å². The fourth-order valence-corrected chi connectivity index (χ4v) is 5.08. The van der Waals surface area contributed by atoms with Gasteiger partial charge in [0.2, 0.25) is 0 Å². The zero-order valence-corrected chi connectivity index (χ0v) is 19.2. The van der Waals surface area contributed by atoms with Gasteiger partial charge in [-0.05, 0) is 55.0 Å². The van der Waals surface area contributed by atoms with Gasteiger partial charge < -0.3 is 14.8 Å². The summed E-state index contributed by atoms with van der Waals surface area (Å²) in [6.45, 7) is 3.66. The molecule has 33 heavy (non-hydrogen) atoms. The molecule has 1 amide bonds. The van der Waals surface area contributed by atoms with E-state index in [1.807, 2.05) is 36.4 Å². The molecular weight excluding hydrogens is 414 g/mol. The molecule has 1 atom stereocenters. The maximum Gasteiger partial charge on any atom is 0.252 e. The van der Waals surface area contributed by atoms with Crippen LogP contribution in [0.5, 0.6) is 5.75 Å². The van der Waals surface area contributed by atoms with E-state index >= 15 is 0 Å². The predicted molar refractivity (Wildman–Crippen MR) is 129 cm³/mol. The lowest BCUT2D eigenvalue weighted by Gasteiger charge is -2.35. The topological polar surface area (TPSA) is 63.7 Å². The average molecular weight is 446 g/mol. The van der Waals surface area contributed by atoms with Gasteiger partial charge in [-0.25, -0.2) is 0 Å². The number of methoxy groups -OCH3 is 1. The number of amides is 1. The molecule has 0 bridgehead atoms. The van der Waals surface area contributed by atoms with Crippen LogP contribution in [0.2, 0.25) is 0 Å². The lowest BCUT2D eigenvalue weighted by molar-refractivity contribution is 0.0162. The lowest BCUT2D eigenvalue weighted by atomic mass is 9.89. The van der Waals surface area contributed by atoms with Gasteiger partial charge in [-0.2, -0.15) is 0 Å². The molecule has 1 fully saturated rings. The number of rotatable bonds is 6. The molecule has 1 saturated heterocycles. The van der Waals surface area contributed by atoms with E-state index in [0.717, 1.165) is 72.2 Å². The number of carbonyl (C=O) groups excluding carboxylic acids is 1. The molecule has 3 aromatic rings.